The number of fused-ring (bicyclic) bond motifs is 1. The molecule has 0 saturated carbocycles. The molecule has 0 spiro atoms. The van der Waals surface area contributed by atoms with Crippen molar-refractivity contribution in [3.05, 3.63) is 60.3 Å². The van der Waals surface area contributed by atoms with E-state index in [-0.39, 0.29) is 11.9 Å². The van der Waals surface area contributed by atoms with Crippen LogP contribution in [0.15, 0.2) is 54.7 Å². The fraction of sp³-hybridized carbons (Fsp3) is 0.286. The van der Waals surface area contributed by atoms with Crippen molar-refractivity contribution in [2.45, 2.75) is 25.8 Å². The van der Waals surface area contributed by atoms with E-state index in [1.165, 1.54) is 10.9 Å². The van der Waals surface area contributed by atoms with Gasteiger partial charge in [-0.25, -0.2) is 0 Å². The first kappa shape index (κ1) is 18.0. The van der Waals surface area contributed by atoms with Crippen LogP contribution in [-0.4, -0.2) is 30.6 Å². The Balaban J connectivity index is 1.43. The molecule has 5 heteroatoms. The van der Waals surface area contributed by atoms with Crippen LogP contribution >= 0.6 is 0 Å². The average molecular weight is 351 g/mol. The van der Waals surface area contributed by atoms with Crippen LogP contribution in [0.2, 0.25) is 0 Å². The molecule has 0 aliphatic rings. The van der Waals surface area contributed by atoms with Crippen LogP contribution in [0.25, 0.3) is 10.9 Å². The van der Waals surface area contributed by atoms with Crippen molar-refractivity contribution in [3.63, 3.8) is 0 Å². The van der Waals surface area contributed by atoms with Crippen LogP contribution in [-0.2, 0) is 11.2 Å². The van der Waals surface area contributed by atoms with Crippen molar-refractivity contribution >= 4 is 22.5 Å². The van der Waals surface area contributed by atoms with Gasteiger partial charge in [0.05, 0.1) is 7.11 Å². The molecule has 1 atom stereocenters. The van der Waals surface area contributed by atoms with E-state index in [1.807, 2.05) is 37.3 Å². The Morgan fingerprint density at radius 2 is 1.92 bits per heavy atom. The molecule has 0 radical (unpaired) electrons. The number of H-pyrrole nitrogens is 1. The van der Waals surface area contributed by atoms with Crippen molar-refractivity contribution in [3.8, 4) is 5.75 Å². The molecular formula is C21H25N3O2. The minimum absolute atomic E-state index is 0.00209. The number of benzene rings is 2. The second-order valence-corrected chi connectivity index (χ2v) is 6.45. The maximum absolute atomic E-state index is 12.2. The zero-order chi connectivity index (χ0) is 18.4. The molecule has 3 rings (SSSR count). The Morgan fingerprint density at radius 1 is 1.15 bits per heavy atom. The van der Waals surface area contributed by atoms with E-state index in [4.69, 9.17) is 4.74 Å². The summed E-state index contributed by atoms with van der Waals surface area (Å²) >= 11 is 0. The van der Waals surface area contributed by atoms with Crippen LogP contribution in [0.4, 0.5) is 5.69 Å². The lowest BCUT2D eigenvalue weighted by Gasteiger charge is -2.14. The van der Waals surface area contributed by atoms with E-state index in [9.17, 15) is 4.79 Å². The molecule has 0 saturated heterocycles. The van der Waals surface area contributed by atoms with E-state index in [0.717, 1.165) is 29.9 Å². The third kappa shape index (κ3) is 4.64. The third-order valence-electron chi connectivity index (χ3n) is 4.43. The van der Waals surface area contributed by atoms with Gasteiger partial charge in [-0.15, -0.1) is 0 Å². The molecule has 3 N–H and O–H groups in total. The van der Waals surface area contributed by atoms with Gasteiger partial charge in [-0.1, -0.05) is 18.2 Å². The number of nitrogens with one attached hydrogen (secondary N) is 3. The standard InChI is InChI=1S/C21H25N3O2/c1-15(13-21(25)24-17-7-9-18(26-2)10-8-17)22-12-11-16-14-23-20-6-4-3-5-19(16)20/h3-10,14-15,22-23H,11-13H2,1-2H3,(H,24,25). The van der Waals surface area contributed by atoms with E-state index < -0.39 is 0 Å². The van der Waals surface area contributed by atoms with Crippen LogP contribution in [0.3, 0.4) is 0 Å². The number of carbonyl (C=O) groups is 1. The van der Waals surface area contributed by atoms with Gasteiger partial charge in [-0.2, -0.15) is 0 Å². The van der Waals surface area contributed by atoms with Gasteiger partial charge in [0.15, 0.2) is 0 Å². The number of carbonyl (C=O) groups excluding carboxylic acids is 1. The highest BCUT2D eigenvalue weighted by Crippen LogP contribution is 2.18. The van der Waals surface area contributed by atoms with Crippen LogP contribution in [0.1, 0.15) is 18.9 Å². The summed E-state index contributed by atoms with van der Waals surface area (Å²) in [5, 5.41) is 7.60. The predicted octanol–water partition coefficient (Wildman–Crippen LogP) is 3.73. The Kier molecular flexibility index (Phi) is 5.92. The minimum atomic E-state index is 0.00209. The van der Waals surface area contributed by atoms with Crippen LogP contribution < -0.4 is 15.4 Å². The number of para-hydroxylation sites is 1. The van der Waals surface area contributed by atoms with Crippen molar-refractivity contribution < 1.29 is 9.53 Å². The number of aromatic nitrogens is 1. The smallest absolute Gasteiger partial charge is 0.225 e. The van der Waals surface area contributed by atoms with E-state index in [0.29, 0.717) is 6.42 Å². The first-order valence-electron chi connectivity index (χ1n) is 8.88. The second kappa shape index (κ2) is 8.54. The Hall–Kier alpha value is -2.79. The van der Waals surface area contributed by atoms with Gasteiger partial charge in [0.2, 0.25) is 5.91 Å². The molecule has 0 aliphatic heterocycles. The lowest BCUT2D eigenvalue weighted by Crippen LogP contribution is -2.32. The number of aromatic amines is 1. The lowest BCUT2D eigenvalue weighted by atomic mass is 10.1. The SMILES string of the molecule is COc1ccc(NC(=O)CC(C)NCCc2c[nH]c3ccccc23)cc1. The Labute approximate surface area is 153 Å². The van der Waals surface area contributed by atoms with Gasteiger partial charge in [0, 0.05) is 35.2 Å². The van der Waals surface area contributed by atoms with Crippen molar-refractivity contribution in [1.82, 2.24) is 10.3 Å². The molecule has 5 nitrogen and oxygen atoms in total. The Bertz CT molecular complexity index is 855. The highest BCUT2D eigenvalue weighted by atomic mass is 16.5. The zero-order valence-corrected chi connectivity index (χ0v) is 15.2. The fourth-order valence-electron chi connectivity index (χ4n) is 3.03. The van der Waals surface area contributed by atoms with Crippen molar-refractivity contribution in [2.24, 2.45) is 0 Å². The average Bonchev–Trinajstić information content (AvgIpc) is 3.05. The number of amides is 1. The number of ether oxygens (including phenoxy) is 1. The number of hydrogen-bond donors (Lipinski definition) is 3. The number of anilines is 1. The zero-order valence-electron chi connectivity index (χ0n) is 15.2. The van der Waals surface area contributed by atoms with Gasteiger partial charge in [0.25, 0.3) is 0 Å². The Morgan fingerprint density at radius 3 is 2.69 bits per heavy atom. The number of methoxy groups -OCH3 is 1. The third-order valence-corrected chi connectivity index (χ3v) is 4.43. The summed E-state index contributed by atoms with van der Waals surface area (Å²) in [7, 11) is 1.62. The molecule has 1 aromatic heterocycles. The quantitative estimate of drug-likeness (QED) is 0.579. The predicted molar refractivity (Wildman–Crippen MR) is 106 cm³/mol. The van der Waals surface area contributed by atoms with Gasteiger partial charge in [-0.3, -0.25) is 4.79 Å². The monoisotopic (exact) mass is 351 g/mol. The highest BCUT2D eigenvalue weighted by Gasteiger charge is 2.10. The summed E-state index contributed by atoms with van der Waals surface area (Å²) in [5.41, 5.74) is 3.24. The summed E-state index contributed by atoms with van der Waals surface area (Å²) in [4.78, 5) is 15.4. The number of rotatable bonds is 8. The summed E-state index contributed by atoms with van der Waals surface area (Å²) in [6, 6.07) is 15.8. The van der Waals surface area contributed by atoms with Gasteiger partial charge in [0.1, 0.15) is 5.75 Å². The molecule has 136 valence electrons. The largest absolute Gasteiger partial charge is 0.497 e. The summed E-state index contributed by atoms with van der Waals surface area (Å²) in [5.74, 6) is 0.776. The molecule has 0 aliphatic carbocycles. The highest BCUT2D eigenvalue weighted by molar-refractivity contribution is 5.91. The van der Waals surface area contributed by atoms with E-state index >= 15 is 0 Å². The van der Waals surface area contributed by atoms with Gasteiger partial charge in [-0.05, 0) is 55.8 Å². The van der Waals surface area contributed by atoms with Crippen molar-refractivity contribution in [1.29, 1.82) is 0 Å². The van der Waals surface area contributed by atoms with Gasteiger partial charge >= 0.3 is 0 Å². The molecule has 0 fully saturated rings. The van der Waals surface area contributed by atoms with Crippen LogP contribution in [0, 0.1) is 0 Å². The molecular weight excluding hydrogens is 326 g/mol. The maximum atomic E-state index is 12.2. The molecule has 2 aromatic carbocycles. The summed E-state index contributed by atoms with van der Waals surface area (Å²) in [6.45, 7) is 2.86. The normalized spacial score (nSPS) is 12.1. The van der Waals surface area contributed by atoms with E-state index in [2.05, 4.69) is 40.0 Å². The second-order valence-electron chi connectivity index (χ2n) is 6.45. The van der Waals surface area contributed by atoms with E-state index in [1.54, 1.807) is 7.11 Å². The first-order chi connectivity index (χ1) is 12.7. The topological polar surface area (TPSA) is 66.2 Å². The molecule has 3 aromatic rings. The van der Waals surface area contributed by atoms with Crippen molar-refractivity contribution in [2.75, 3.05) is 19.0 Å². The summed E-state index contributed by atoms with van der Waals surface area (Å²) in [6.07, 6.45) is 3.42. The summed E-state index contributed by atoms with van der Waals surface area (Å²) < 4.78 is 5.12. The van der Waals surface area contributed by atoms with Crippen LogP contribution in [0.5, 0.6) is 5.75 Å². The number of hydrogen-bond acceptors (Lipinski definition) is 3. The van der Waals surface area contributed by atoms with Gasteiger partial charge < -0.3 is 20.4 Å². The molecule has 26 heavy (non-hydrogen) atoms. The molecule has 1 heterocycles. The lowest BCUT2D eigenvalue weighted by molar-refractivity contribution is -0.116. The molecule has 1 unspecified atom stereocenters. The minimum Gasteiger partial charge on any atom is -0.497 e. The first-order valence-corrected chi connectivity index (χ1v) is 8.88. The maximum Gasteiger partial charge on any atom is 0.225 e. The molecule has 1 amide bonds. The molecule has 0 bridgehead atoms. The fourth-order valence-corrected chi connectivity index (χ4v) is 3.03.